The van der Waals surface area contributed by atoms with Crippen LogP contribution < -0.4 is 0 Å². The number of nitrogens with zero attached hydrogens (tertiary/aromatic N) is 1. The van der Waals surface area contributed by atoms with Crippen LogP contribution in [0.2, 0.25) is 0 Å². The Morgan fingerprint density at radius 1 is 1.40 bits per heavy atom. The predicted octanol–water partition coefficient (Wildman–Crippen LogP) is 3.84. The summed E-state index contributed by atoms with van der Waals surface area (Å²) >= 11 is 0. The Kier molecular flexibility index (Phi) is 6.30. The van der Waals surface area contributed by atoms with Crippen LogP contribution in [-0.2, 0) is 17.8 Å². The summed E-state index contributed by atoms with van der Waals surface area (Å²) in [6.07, 6.45) is 11.3. The highest BCUT2D eigenvalue weighted by Gasteiger charge is 2.05. The van der Waals surface area contributed by atoms with Gasteiger partial charge in [0, 0.05) is 24.0 Å². The van der Waals surface area contributed by atoms with Gasteiger partial charge in [-0.05, 0) is 31.6 Å². The van der Waals surface area contributed by atoms with Crippen LogP contribution in [0.5, 0.6) is 0 Å². The highest BCUT2D eigenvalue weighted by molar-refractivity contribution is 5.85. The molecule has 1 aromatic rings. The van der Waals surface area contributed by atoms with Gasteiger partial charge in [-0.2, -0.15) is 0 Å². The van der Waals surface area contributed by atoms with Crippen molar-refractivity contribution in [3.63, 3.8) is 0 Å². The van der Waals surface area contributed by atoms with Crippen LogP contribution in [-0.4, -0.2) is 15.6 Å². The van der Waals surface area contributed by atoms with Crippen molar-refractivity contribution < 1.29 is 9.90 Å². The summed E-state index contributed by atoms with van der Waals surface area (Å²) in [5.41, 5.74) is 3.29. The quantitative estimate of drug-likeness (QED) is 0.605. The molecule has 3 nitrogen and oxygen atoms in total. The molecule has 20 heavy (non-hydrogen) atoms. The molecule has 0 saturated carbocycles. The molecule has 0 amide bonds. The number of rotatable bonds is 7. The second-order valence-electron chi connectivity index (χ2n) is 4.49. The van der Waals surface area contributed by atoms with Crippen molar-refractivity contribution in [1.29, 1.82) is 0 Å². The molecule has 0 radical (unpaired) electrons. The molecule has 0 atom stereocenters. The molecule has 0 spiro atoms. The standard InChI is InChI=1S/C17H21NO2/c1-4-6-7-8-14(3)13-18-15(5-2)9-10-16(18)11-12-17(19)20/h4,6-12H,1,5,13H2,2-3H3,(H,19,20)/b7-6-,12-11+,14-8+. The number of allylic oxidation sites excluding steroid dienone is 5. The third-order valence-electron chi connectivity index (χ3n) is 2.90. The molecule has 106 valence electrons. The molecule has 3 heteroatoms. The van der Waals surface area contributed by atoms with E-state index in [2.05, 4.69) is 25.0 Å². The van der Waals surface area contributed by atoms with E-state index in [-0.39, 0.29) is 0 Å². The lowest BCUT2D eigenvalue weighted by Gasteiger charge is -2.11. The minimum atomic E-state index is -0.933. The average molecular weight is 271 g/mol. The zero-order valence-electron chi connectivity index (χ0n) is 12.0. The van der Waals surface area contributed by atoms with E-state index in [9.17, 15) is 4.79 Å². The van der Waals surface area contributed by atoms with Crippen molar-refractivity contribution in [2.24, 2.45) is 0 Å². The van der Waals surface area contributed by atoms with Gasteiger partial charge >= 0.3 is 5.97 Å². The third-order valence-corrected chi connectivity index (χ3v) is 2.90. The van der Waals surface area contributed by atoms with Crippen molar-refractivity contribution in [3.8, 4) is 0 Å². The predicted molar refractivity (Wildman–Crippen MR) is 83.6 cm³/mol. The monoisotopic (exact) mass is 271 g/mol. The first kappa shape index (κ1) is 15.8. The van der Waals surface area contributed by atoms with Crippen LogP contribution in [0.1, 0.15) is 25.2 Å². The topological polar surface area (TPSA) is 42.2 Å². The zero-order chi connectivity index (χ0) is 15.0. The summed E-state index contributed by atoms with van der Waals surface area (Å²) in [6, 6.07) is 3.99. The minimum Gasteiger partial charge on any atom is -0.478 e. The Balaban J connectivity index is 2.99. The number of hydrogen-bond acceptors (Lipinski definition) is 1. The van der Waals surface area contributed by atoms with Gasteiger partial charge in [-0.3, -0.25) is 0 Å². The zero-order valence-corrected chi connectivity index (χ0v) is 12.0. The maximum atomic E-state index is 10.6. The summed E-state index contributed by atoms with van der Waals surface area (Å²) in [5.74, 6) is -0.933. The number of carboxylic acids is 1. The molecule has 0 saturated heterocycles. The second-order valence-corrected chi connectivity index (χ2v) is 4.49. The number of aliphatic carboxylic acids is 1. The maximum Gasteiger partial charge on any atom is 0.328 e. The van der Waals surface area contributed by atoms with Gasteiger partial charge in [0.1, 0.15) is 0 Å². The van der Waals surface area contributed by atoms with E-state index >= 15 is 0 Å². The van der Waals surface area contributed by atoms with E-state index in [0.29, 0.717) is 0 Å². The van der Waals surface area contributed by atoms with Crippen LogP contribution in [0.15, 0.2) is 54.7 Å². The van der Waals surface area contributed by atoms with Gasteiger partial charge in [0.15, 0.2) is 0 Å². The van der Waals surface area contributed by atoms with Gasteiger partial charge in [0.05, 0.1) is 0 Å². The summed E-state index contributed by atoms with van der Waals surface area (Å²) in [7, 11) is 0. The number of carboxylic acid groups (broad SMARTS) is 1. The molecule has 0 fully saturated rings. The summed E-state index contributed by atoms with van der Waals surface area (Å²) in [6.45, 7) is 8.52. The van der Waals surface area contributed by atoms with E-state index in [4.69, 9.17) is 5.11 Å². The van der Waals surface area contributed by atoms with Crippen molar-refractivity contribution >= 4 is 12.0 Å². The molecular weight excluding hydrogens is 250 g/mol. The smallest absolute Gasteiger partial charge is 0.328 e. The van der Waals surface area contributed by atoms with Crippen molar-refractivity contribution in [1.82, 2.24) is 4.57 Å². The summed E-state index contributed by atoms with van der Waals surface area (Å²) in [5, 5.41) is 8.73. The number of carbonyl (C=O) groups is 1. The Hall–Kier alpha value is -2.29. The average Bonchev–Trinajstić information content (AvgIpc) is 2.78. The molecule has 0 aliphatic rings. The first-order valence-electron chi connectivity index (χ1n) is 6.62. The first-order chi connectivity index (χ1) is 9.58. The van der Waals surface area contributed by atoms with Gasteiger partial charge in [0.25, 0.3) is 0 Å². The largest absolute Gasteiger partial charge is 0.478 e. The number of aromatic nitrogens is 1. The van der Waals surface area contributed by atoms with Crippen molar-refractivity contribution in [3.05, 3.63) is 66.1 Å². The van der Waals surface area contributed by atoms with E-state index in [0.717, 1.165) is 18.7 Å². The third kappa shape index (κ3) is 4.76. The molecule has 1 rings (SSSR count). The van der Waals surface area contributed by atoms with Crippen LogP contribution in [0.25, 0.3) is 6.08 Å². The lowest BCUT2D eigenvalue weighted by Crippen LogP contribution is -2.05. The van der Waals surface area contributed by atoms with Crippen molar-refractivity contribution in [2.75, 3.05) is 0 Å². The van der Waals surface area contributed by atoms with Gasteiger partial charge in [-0.25, -0.2) is 4.79 Å². The molecule has 0 bridgehead atoms. The Morgan fingerprint density at radius 3 is 2.75 bits per heavy atom. The number of aryl methyl sites for hydroxylation is 1. The highest BCUT2D eigenvalue weighted by Crippen LogP contribution is 2.14. The fourth-order valence-corrected chi connectivity index (χ4v) is 1.93. The molecule has 1 heterocycles. The molecule has 0 aromatic carbocycles. The molecule has 1 aromatic heterocycles. The molecular formula is C17H21NO2. The summed E-state index contributed by atoms with van der Waals surface area (Å²) < 4.78 is 2.13. The first-order valence-corrected chi connectivity index (χ1v) is 6.62. The number of hydrogen-bond donors (Lipinski definition) is 1. The maximum absolute atomic E-state index is 10.6. The van der Waals surface area contributed by atoms with Crippen LogP contribution in [0, 0.1) is 0 Å². The lowest BCUT2D eigenvalue weighted by atomic mass is 10.2. The van der Waals surface area contributed by atoms with Gasteiger partial charge < -0.3 is 9.67 Å². The highest BCUT2D eigenvalue weighted by atomic mass is 16.4. The molecule has 1 N–H and O–H groups in total. The van der Waals surface area contributed by atoms with E-state index < -0.39 is 5.97 Å². The Bertz CT molecular complexity index is 560. The van der Waals surface area contributed by atoms with Gasteiger partial charge in [0.2, 0.25) is 0 Å². The van der Waals surface area contributed by atoms with Gasteiger partial charge in [-0.1, -0.05) is 43.4 Å². The Labute approximate surface area is 120 Å². The molecule has 0 aliphatic heterocycles. The summed E-state index contributed by atoms with van der Waals surface area (Å²) in [4.78, 5) is 10.6. The van der Waals surface area contributed by atoms with Gasteiger partial charge in [-0.15, -0.1) is 0 Å². The van der Waals surface area contributed by atoms with Crippen LogP contribution in [0.4, 0.5) is 0 Å². The Morgan fingerprint density at radius 2 is 2.15 bits per heavy atom. The van der Waals surface area contributed by atoms with Crippen LogP contribution >= 0.6 is 0 Å². The lowest BCUT2D eigenvalue weighted by molar-refractivity contribution is -0.131. The van der Waals surface area contributed by atoms with E-state index in [1.54, 1.807) is 12.2 Å². The molecule has 0 aliphatic carbocycles. The SMILES string of the molecule is C=C/C=C\C=C(/C)Cn1c(/C=C/C(=O)O)ccc1CC. The van der Waals surface area contributed by atoms with Crippen LogP contribution in [0.3, 0.4) is 0 Å². The van der Waals surface area contributed by atoms with Crippen molar-refractivity contribution in [2.45, 2.75) is 26.8 Å². The fourth-order valence-electron chi connectivity index (χ4n) is 1.93. The van der Waals surface area contributed by atoms with E-state index in [1.165, 1.54) is 17.3 Å². The van der Waals surface area contributed by atoms with E-state index in [1.807, 2.05) is 30.4 Å². The minimum absolute atomic E-state index is 0.747. The fraction of sp³-hybridized carbons (Fsp3) is 0.235. The molecule has 0 unspecified atom stereocenters. The second kappa shape index (κ2) is 8.00. The normalized spacial score (nSPS) is 12.4.